The molecule has 0 bridgehead atoms. The summed E-state index contributed by atoms with van der Waals surface area (Å²) in [6, 6.07) is 8.03. The molecule has 0 saturated carbocycles. The monoisotopic (exact) mass is 358 g/mol. The van der Waals surface area contributed by atoms with Gasteiger partial charge in [0.25, 0.3) is 17.7 Å². The molecule has 0 unspecified atom stereocenters. The van der Waals surface area contributed by atoms with E-state index in [-0.39, 0.29) is 28.3 Å². The van der Waals surface area contributed by atoms with Crippen molar-refractivity contribution in [3.8, 4) is 0 Å². The molecule has 2 aromatic rings. The number of nitrogens with zero attached hydrogens (tertiary/aromatic N) is 1. The normalized spacial score (nSPS) is 13.0. The van der Waals surface area contributed by atoms with Gasteiger partial charge in [0.15, 0.2) is 0 Å². The average Bonchev–Trinajstić information content (AvgIpc) is 2.83. The summed E-state index contributed by atoms with van der Waals surface area (Å²) in [5, 5.41) is 2.45. The Morgan fingerprint density at radius 3 is 2.56 bits per heavy atom. The van der Waals surface area contributed by atoms with Crippen LogP contribution in [0.3, 0.4) is 0 Å². The van der Waals surface area contributed by atoms with E-state index in [0.717, 1.165) is 11.0 Å². The lowest BCUT2D eigenvalue weighted by Crippen LogP contribution is -2.29. The van der Waals surface area contributed by atoms with Crippen LogP contribution in [0.25, 0.3) is 0 Å². The van der Waals surface area contributed by atoms with E-state index in [1.165, 1.54) is 36.4 Å². The highest BCUT2D eigenvalue weighted by atomic mass is 35.5. The van der Waals surface area contributed by atoms with Crippen LogP contribution < -0.4 is 5.32 Å². The molecule has 1 aliphatic heterocycles. The van der Waals surface area contributed by atoms with Crippen molar-refractivity contribution in [3.05, 3.63) is 76.6 Å². The number of amides is 3. The zero-order valence-electron chi connectivity index (χ0n) is 12.9. The fraction of sp³-hybridized carbons (Fsp3) is 0.0556. The summed E-state index contributed by atoms with van der Waals surface area (Å²) in [4.78, 5) is 37.8. The minimum Gasteiger partial charge on any atom is -0.322 e. The Kier molecular flexibility index (Phi) is 4.37. The first-order chi connectivity index (χ1) is 11.9. The number of hydrogen-bond acceptors (Lipinski definition) is 3. The lowest BCUT2D eigenvalue weighted by atomic mass is 10.1. The molecule has 0 aromatic heterocycles. The molecular formula is C18H12ClFN2O3. The molecule has 0 atom stereocenters. The third-order valence-electron chi connectivity index (χ3n) is 3.72. The van der Waals surface area contributed by atoms with Crippen LogP contribution in [0.15, 0.2) is 49.1 Å². The second-order valence-corrected chi connectivity index (χ2v) is 5.76. The van der Waals surface area contributed by atoms with E-state index in [9.17, 15) is 18.8 Å². The van der Waals surface area contributed by atoms with Crippen molar-refractivity contribution >= 4 is 35.0 Å². The maximum absolute atomic E-state index is 13.2. The minimum atomic E-state index is -0.594. The van der Waals surface area contributed by atoms with Gasteiger partial charge in [-0.2, -0.15) is 0 Å². The van der Waals surface area contributed by atoms with E-state index in [0.29, 0.717) is 5.69 Å². The predicted octanol–water partition coefficient (Wildman–Crippen LogP) is 3.51. The summed E-state index contributed by atoms with van der Waals surface area (Å²) in [5.41, 5.74) is 0.915. The maximum Gasteiger partial charge on any atom is 0.261 e. The van der Waals surface area contributed by atoms with Gasteiger partial charge in [0.2, 0.25) is 0 Å². The van der Waals surface area contributed by atoms with Crippen LogP contribution in [0.5, 0.6) is 0 Å². The molecule has 1 aliphatic rings. The highest BCUT2D eigenvalue weighted by molar-refractivity contribution is 6.31. The summed E-state index contributed by atoms with van der Waals surface area (Å²) in [6.45, 7) is 3.61. The van der Waals surface area contributed by atoms with Gasteiger partial charge in [0, 0.05) is 17.8 Å². The fourth-order valence-electron chi connectivity index (χ4n) is 2.50. The first-order valence-corrected chi connectivity index (χ1v) is 7.67. The number of hydrogen-bond donors (Lipinski definition) is 1. The topological polar surface area (TPSA) is 66.5 Å². The summed E-state index contributed by atoms with van der Waals surface area (Å²) >= 11 is 5.68. The van der Waals surface area contributed by atoms with Crippen molar-refractivity contribution in [2.24, 2.45) is 0 Å². The molecule has 126 valence electrons. The van der Waals surface area contributed by atoms with Crippen molar-refractivity contribution in [2.75, 3.05) is 11.9 Å². The van der Waals surface area contributed by atoms with Crippen LogP contribution in [-0.4, -0.2) is 29.2 Å². The number of fused-ring (bicyclic) bond motifs is 1. The second-order valence-electron chi connectivity index (χ2n) is 5.35. The second kappa shape index (κ2) is 6.49. The molecule has 1 N–H and O–H groups in total. The summed E-state index contributed by atoms with van der Waals surface area (Å²) in [6.07, 6.45) is 1.45. The summed E-state index contributed by atoms with van der Waals surface area (Å²) in [5.74, 6) is -1.99. The molecule has 5 nitrogen and oxygen atoms in total. The highest BCUT2D eigenvalue weighted by Gasteiger charge is 2.35. The maximum atomic E-state index is 13.2. The smallest absolute Gasteiger partial charge is 0.261 e. The van der Waals surface area contributed by atoms with Gasteiger partial charge in [-0.15, -0.1) is 6.58 Å². The number of carbonyl (C=O) groups excluding carboxylic acids is 3. The van der Waals surface area contributed by atoms with E-state index >= 15 is 0 Å². The van der Waals surface area contributed by atoms with Gasteiger partial charge in [-0.25, -0.2) is 4.39 Å². The number of imide groups is 1. The molecule has 0 fully saturated rings. The van der Waals surface area contributed by atoms with E-state index in [2.05, 4.69) is 11.9 Å². The zero-order valence-corrected chi connectivity index (χ0v) is 13.6. The first-order valence-electron chi connectivity index (χ1n) is 7.30. The van der Waals surface area contributed by atoms with Gasteiger partial charge in [0.05, 0.1) is 16.1 Å². The minimum absolute atomic E-state index is 0.0992. The Balaban J connectivity index is 1.86. The summed E-state index contributed by atoms with van der Waals surface area (Å²) < 4.78 is 13.2. The Hall–Kier alpha value is -2.99. The number of anilines is 1. The predicted molar refractivity (Wildman–Crippen MR) is 91.4 cm³/mol. The number of rotatable bonds is 4. The Morgan fingerprint density at radius 2 is 1.88 bits per heavy atom. The molecule has 0 radical (unpaired) electrons. The standard InChI is InChI=1S/C18H12ClFN2O3/c1-2-7-22-17(24)12-5-3-10(8-13(12)18(22)25)16(23)21-11-4-6-15(20)14(19)9-11/h2-6,8-9H,1,7H2,(H,21,23). The van der Waals surface area contributed by atoms with Crippen molar-refractivity contribution in [1.82, 2.24) is 4.90 Å². The van der Waals surface area contributed by atoms with Gasteiger partial charge >= 0.3 is 0 Å². The molecule has 0 saturated heterocycles. The first kappa shape index (κ1) is 16.9. The van der Waals surface area contributed by atoms with Crippen LogP contribution >= 0.6 is 11.6 Å². The van der Waals surface area contributed by atoms with E-state index in [1.807, 2.05) is 0 Å². The van der Waals surface area contributed by atoms with Gasteiger partial charge in [0.1, 0.15) is 5.82 Å². The lowest BCUT2D eigenvalue weighted by Gasteiger charge is -2.09. The van der Waals surface area contributed by atoms with Gasteiger partial charge in [-0.1, -0.05) is 17.7 Å². The number of nitrogens with one attached hydrogen (secondary N) is 1. The molecule has 0 spiro atoms. The van der Waals surface area contributed by atoms with Crippen LogP contribution in [0, 0.1) is 5.82 Å². The van der Waals surface area contributed by atoms with E-state index in [4.69, 9.17) is 11.6 Å². The molecule has 1 heterocycles. The Bertz CT molecular complexity index is 927. The third-order valence-corrected chi connectivity index (χ3v) is 4.01. The van der Waals surface area contributed by atoms with Crippen LogP contribution in [0.2, 0.25) is 5.02 Å². The van der Waals surface area contributed by atoms with Crippen molar-refractivity contribution in [3.63, 3.8) is 0 Å². The average molecular weight is 359 g/mol. The lowest BCUT2D eigenvalue weighted by molar-refractivity contribution is 0.0672. The SMILES string of the molecule is C=CCN1C(=O)c2ccc(C(=O)Nc3ccc(F)c(Cl)c3)cc2C1=O. The Labute approximate surface area is 147 Å². The molecule has 7 heteroatoms. The molecule has 2 aromatic carbocycles. The van der Waals surface area contributed by atoms with Crippen molar-refractivity contribution in [1.29, 1.82) is 0 Å². The van der Waals surface area contributed by atoms with Gasteiger partial charge in [-0.3, -0.25) is 19.3 Å². The number of benzene rings is 2. The van der Waals surface area contributed by atoms with E-state index in [1.54, 1.807) is 0 Å². The largest absolute Gasteiger partial charge is 0.322 e. The highest BCUT2D eigenvalue weighted by Crippen LogP contribution is 2.25. The molecule has 3 amide bonds. The fourth-order valence-corrected chi connectivity index (χ4v) is 2.68. The molecule has 25 heavy (non-hydrogen) atoms. The van der Waals surface area contributed by atoms with Crippen LogP contribution in [-0.2, 0) is 0 Å². The van der Waals surface area contributed by atoms with Gasteiger partial charge < -0.3 is 5.32 Å². The quantitative estimate of drug-likeness (QED) is 0.671. The van der Waals surface area contributed by atoms with Crippen LogP contribution in [0.1, 0.15) is 31.1 Å². The number of halogens is 2. The third kappa shape index (κ3) is 3.04. The Morgan fingerprint density at radius 1 is 1.16 bits per heavy atom. The van der Waals surface area contributed by atoms with Gasteiger partial charge in [-0.05, 0) is 36.4 Å². The molecular weight excluding hydrogens is 347 g/mol. The van der Waals surface area contributed by atoms with E-state index < -0.39 is 23.5 Å². The van der Waals surface area contributed by atoms with Crippen molar-refractivity contribution in [2.45, 2.75) is 0 Å². The van der Waals surface area contributed by atoms with Crippen LogP contribution in [0.4, 0.5) is 10.1 Å². The van der Waals surface area contributed by atoms with Crippen molar-refractivity contribution < 1.29 is 18.8 Å². The zero-order chi connectivity index (χ0) is 18.1. The molecule has 3 rings (SSSR count). The summed E-state index contributed by atoms with van der Waals surface area (Å²) in [7, 11) is 0. The molecule has 0 aliphatic carbocycles. The number of carbonyl (C=O) groups is 3.